The number of aromatic nitrogens is 3. The molecular formula is C22H29N5O4S. The molecule has 1 amide bonds. The van der Waals surface area contributed by atoms with Gasteiger partial charge in [0.15, 0.2) is 0 Å². The normalized spacial score (nSPS) is 14.2. The lowest BCUT2D eigenvalue weighted by Gasteiger charge is -2.31. The van der Waals surface area contributed by atoms with E-state index in [-0.39, 0.29) is 17.2 Å². The first kappa shape index (κ1) is 23.8. The minimum absolute atomic E-state index is 0.0508. The molecule has 0 spiro atoms. The van der Waals surface area contributed by atoms with Crippen molar-refractivity contribution >= 4 is 27.0 Å². The Morgan fingerprint density at radius 2 is 1.88 bits per heavy atom. The van der Waals surface area contributed by atoms with Gasteiger partial charge in [-0.15, -0.1) is 0 Å². The van der Waals surface area contributed by atoms with Gasteiger partial charge in [0.2, 0.25) is 15.9 Å². The summed E-state index contributed by atoms with van der Waals surface area (Å²) in [5, 5.41) is 10.2. The predicted molar refractivity (Wildman–Crippen MR) is 121 cm³/mol. The fraction of sp³-hybridized carbons (Fsp3) is 0.409. The van der Waals surface area contributed by atoms with E-state index in [1.165, 1.54) is 19.2 Å². The molecule has 0 bridgehead atoms. The van der Waals surface area contributed by atoms with Crippen LogP contribution in [0.2, 0.25) is 0 Å². The van der Waals surface area contributed by atoms with Gasteiger partial charge in [-0.25, -0.2) is 13.4 Å². The summed E-state index contributed by atoms with van der Waals surface area (Å²) in [6, 6.07) is 7.38. The summed E-state index contributed by atoms with van der Waals surface area (Å²) in [7, 11) is -2.60. The van der Waals surface area contributed by atoms with Crippen LogP contribution in [0.5, 0.6) is 0 Å². The lowest BCUT2D eigenvalue weighted by Crippen LogP contribution is -2.50. The number of imidazole rings is 1. The Balaban J connectivity index is 1.85. The average molecular weight is 460 g/mol. The van der Waals surface area contributed by atoms with Crippen LogP contribution in [-0.4, -0.2) is 57.9 Å². The van der Waals surface area contributed by atoms with E-state index in [4.69, 9.17) is 5.73 Å². The summed E-state index contributed by atoms with van der Waals surface area (Å²) in [6.07, 6.45) is 0.896. The zero-order valence-corrected chi connectivity index (χ0v) is 19.4. The molecular weight excluding hydrogens is 430 g/mol. The molecule has 10 heteroatoms. The van der Waals surface area contributed by atoms with Gasteiger partial charge in [-0.3, -0.25) is 9.78 Å². The quantitative estimate of drug-likeness (QED) is 0.445. The summed E-state index contributed by atoms with van der Waals surface area (Å²) < 4.78 is 27.4. The summed E-state index contributed by atoms with van der Waals surface area (Å²) in [5.74, 6) is -0.105. The second-order valence-corrected chi connectivity index (χ2v) is 10.4. The number of rotatable bonds is 9. The fourth-order valence-electron chi connectivity index (χ4n) is 3.71. The molecule has 1 unspecified atom stereocenters. The predicted octanol–water partition coefficient (Wildman–Crippen LogP) is 1.74. The molecule has 3 rings (SSSR count). The Kier molecular flexibility index (Phi) is 6.97. The van der Waals surface area contributed by atoms with Crippen molar-refractivity contribution in [2.45, 2.75) is 50.7 Å². The smallest absolute Gasteiger partial charge is 0.247 e. The van der Waals surface area contributed by atoms with Crippen LogP contribution in [0.1, 0.15) is 37.4 Å². The third-order valence-electron chi connectivity index (χ3n) is 5.40. The van der Waals surface area contributed by atoms with Crippen LogP contribution in [0, 0.1) is 12.8 Å². The standard InChI is InChI=1S/C22H29N5O4S/c1-13(2)11-19(21(28)22(23)29)27(4)32(30,31)16-7-5-15(6-8-16)12-18-20-17(9-10-24-18)25-14(3)26-20/h5-10,13,19,21,28H,11-12H2,1-4H3,(H2,23,29)(H,25,26)/t19-,21?/m0/s1. The van der Waals surface area contributed by atoms with E-state index in [0.717, 1.165) is 32.4 Å². The van der Waals surface area contributed by atoms with Crippen molar-refractivity contribution < 1.29 is 18.3 Å². The number of benzene rings is 1. The van der Waals surface area contributed by atoms with Gasteiger partial charge in [0.05, 0.1) is 22.1 Å². The number of pyridine rings is 1. The van der Waals surface area contributed by atoms with E-state index in [1.807, 2.05) is 26.8 Å². The first-order valence-corrected chi connectivity index (χ1v) is 11.8. The highest BCUT2D eigenvalue weighted by Gasteiger charge is 2.35. The SMILES string of the molecule is Cc1nc2c(Cc3ccc(S(=O)(=O)N(C)[C@@H](CC(C)C)C(O)C(N)=O)cc3)nccc2[nH]1. The molecule has 4 N–H and O–H groups in total. The van der Waals surface area contributed by atoms with Crippen molar-refractivity contribution in [2.24, 2.45) is 11.7 Å². The molecule has 0 radical (unpaired) electrons. The number of aliphatic hydroxyl groups excluding tert-OH is 1. The van der Waals surface area contributed by atoms with Crippen LogP contribution in [0.25, 0.3) is 11.0 Å². The number of hydrogen-bond donors (Lipinski definition) is 3. The number of likely N-dealkylation sites (N-methyl/N-ethyl adjacent to an activating group) is 1. The molecule has 2 heterocycles. The summed E-state index contributed by atoms with van der Waals surface area (Å²) in [4.78, 5) is 23.7. The van der Waals surface area contributed by atoms with Gasteiger partial charge in [-0.1, -0.05) is 26.0 Å². The molecule has 0 aliphatic carbocycles. The molecule has 2 atom stereocenters. The molecule has 3 aromatic rings. The molecule has 0 fully saturated rings. The number of carbonyl (C=O) groups is 1. The maximum absolute atomic E-state index is 13.2. The monoisotopic (exact) mass is 459 g/mol. The lowest BCUT2D eigenvalue weighted by molar-refractivity contribution is -0.128. The van der Waals surface area contributed by atoms with Crippen molar-refractivity contribution in [1.82, 2.24) is 19.3 Å². The molecule has 172 valence electrons. The van der Waals surface area contributed by atoms with E-state index < -0.39 is 28.1 Å². The Bertz CT molecular complexity index is 1200. The topological polar surface area (TPSA) is 142 Å². The number of nitrogens with two attached hydrogens (primary N) is 1. The minimum Gasteiger partial charge on any atom is -0.382 e. The number of amides is 1. The minimum atomic E-state index is -3.95. The van der Waals surface area contributed by atoms with E-state index >= 15 is 0 Å². The Hall–Kier alpha value is -2.82. The maximum atomic E-state index is 13.2. The van der Waals surface area contributed by atoms with Crippen molar-refractivity contribution in [3.63, 3.8) is 0 Å². The molecule has 2 aromatic heterocycles. The first-order chi connectivity index (χ1) is 15.0. The summed E-state index contributed by atoms with van der Waals surface area (Å²) >= 11 is 0. The maximum Gasteiger partial charge on any atom is 0.247 e. The summed E-state index contributed by atoms with van der Waals surface area (Å²) in [6.45, 7) is 5.64. The largest absolute Gasteiger partial charge is 0.382 e. The highest BCUT2D eigenvalue weighted by atomic mass is 32.2. The van der Waals surface area contributed by atoms with E-state index in [2.05, 4.69) is 15.0 Å². The fourth-order valence-corrected chi connectivity index (χ4v) is 5.08. The second kappa shape index (κ2) is 9.35. The Morgan fingerprint density at radius 1 is 1.22 bits per heavy atom. The molecule has 1 aromatic carbocycles. The van der Waals surface area contributed by atoms with E-state index in [9.17, 15) is 18.3 Å². The number of aryl methyl sites for hydroxylation is 1. The van der Waals surface area contributed by atoms with Crippen LogP contribution in [0.4, 0.5) is 0 Å². The van der Waals surface area contributed by atoms with Gasteiger partial charge in [0.25, 0.3) is 0 Å². The van der Waals surface area contributed by atoms with Gasteiger partial charge in [0, 0.05) is 19.7 Å². The van der Waals surface area contributed by atoms with Gasteiger partial charge in [0.1, 0.15) is 17.4 Å². The number of nitrogens with one attached hydrogen (secondary N) is 1. The van der Waals surface area contributed by atoms with Gasteiger partial charge < -0.3 is 15.8 Å². The zero-order chi connectivity index (χ0) is 23.6. The lowest BCUT2D eigenvalue weighted by atomic mass is 9.99. The van der Waals surface area contributed by atoms with Crippen molar-refractivity contribution in [3.05, 3.63) is 53.6 Å². The molecule has 32 heavy (non-hydrogen) atoms. The molecule has 0 aliphatic heterocycles. The number of H-pyrrole nitrogens is 1. The Morgan fingerprint density at radius 3 is 2.47 bits per heavy atom. The number of fused-ring (bicyclic) bond motifs is 1. The first-order valence-electron chi connectivity index (χ1n) is 10.3. The number of sulfonamides is 1. The highest BCUT2D eigenvalue weighted by molar-refractivity contribution is 7.89. The molecule has 9 nitrogen and oxygen atoms in total. The number of aliphatic hydroxyl groups is 1. The van der Waals surface area contributed by atoms with Crippen LogP contribution < -0.4 is 5.73 Å². The average Bonchev–Trinajstić information content (AvgIpc) is 3.12. The molecule has 0 saturated heterocycles. The number of hydrogen-bond acceptors (Lipinski definition) is 6. The Labute approximate surface area is 187 Å². The number of primary amides is 1. The number of nitrogens with zero attached hydrogens (tertiary/aromatic N) is 3. The molecule has 0 saturated carbocycles. The van der Waals surface area contributed by atoms with Crippen molar-refractivity contribution in [2.75, 3.05) is 7.05 Å². The van der Waals surface area contributed by atoms with Crippen LogP contribution in [-0.2, 0) is 21.2 Å². The van der Waals surface area contributed by atoms with E-state index in [0.29, 0.717) is 6.42 Å². The van der Waals surface area contributed by atoms with Gasteiger partial charge in [-0.2, -0.15) is 4.31 Å². The van der Waals surface area contributed by atoms with Crippen LogP contribution in [0.3, 0.4) is 0 Å². The third-order valence-corrected chi connectivity index (χ3v) is 7.30. The van der Waals surface area contributed by atoms with Crippen LogP contribution >= 0.6 is 0 Å². The number of aromatic amines is 1. The van der Waals surface area contributed by atoms with Crippen molar-refractivity contribution in [3.8, 4) is 0 Å². The van der Waals surface area contributed by atoms with E-state index in [1.54, 1.807) is 18.3 Å². The third kappa shape index (κ3) is 4.98. The second-order valence-electron chi connectivity index (χ2n) is 8.36. The zero-order valence-electron chi connectivity index (χ0n) is 18.6. The highest BCUT2D eigenvalue weighted by Crippen LogP contribution is 2.24. The van der Waals surface area contributed by atoms with Crippen LogP contribution in [0.15, 0.2) is 41.4 Å². The van der Waals surface area contributed by atoms with Crippen molar-refractivity contribution in [1.29, 1.82) is 0 Å². The number of carbonyl (C=O) groups excluding carboxylic acids is 1. The van der Waals surface area contributed by atoms with Gasteiger partial charge >= 0.3 is 0 Å². The van der Waals surface area contributed by atoms with Gasteiger partial charge in [-0.05, 0) is 43.0 Å². The molecule has 0 aliphatic rings. The summed E-state index contributed by atoms with van der Waals surface area (Å²) in [5.41, 5.74) is 8.60.